The van der Waals surface area contributed by atoms with Gasteiger partial charge in [0.2, 0.25) is 0 Å². The van der Waals surface area contributed by atoms with Gasteiger partial charge in [-0.1, -0.05) is 11.6 Å². The van der Waals surface area contributed by atoms with Gasteiger partial charge in [0.15, 0.2) is 5.82 Å². The molecule has 0 aromatic carbocycles. The lowest BCUT2D eigenvalue weighted by Gasteiger charge is -2.09. The molecule has 0 fully saturated rings. The van der Waals surface area contributed by atoms with Gasteiger partial charge in [-0.15, -0.1) is 0 Å². The Morgan fingerprint density at radius 1 is 1.46 bits per heavy atom. The van der Waals surface area contributed by atoms with Gasteiger partial charge in [0.25, 0.3) is 0 Å². The average molecular weight is 313 g/mol. The van der Waals surface area contributed by atoms with Crippen LogP contribution >= 0.6 is 34.2 Å². The van der Waals surface area contributed by atoms with Crippen LogP contribution < -0.4 is 0 Å². The van der Waals surface area contributed by atoms with Crippen LogP contribution in [0.5, 0.6) is 0 Å². The second-order valence-corrected chi connectivity index (χ2v) is 4.09. The van der Waals surface area contributed by atoms with E-state index in [4.69, 9.17) is 16.3 Å². The molecular weight excluding hydrogens is 302 g/mol. The third kappa shape index (κ3) is 2.51. The molecule has 0 amide bonds. The van der Waals surface area contributed by atoms with Crippen molar-refractivity contribution < 1.29 is 4.74 Å². The van der Waals surface area contributed by atoms with E-state index in [1.165, 1.54) is 0 Å². The minimum Gasteiger partial charge on any atom is -0.374 e. The minimum atomic E-state index is -0.117. The Labute approximate surface area is 96.0 Å². The topological polar surface area (TPSA) is 35.0 Å². The maximum absolute atomic E-state index is 5.91. The Bertz CT molecular complexity index is 296. The quantitative estimate of drug-likeness (QED) is 0.622. The van der Waals surface area contributed by atoms with Crippen LogP contribution in [0.25, 0.3) is 0 Å². The van der Waals surface area contributed by atoms with Crippen molar-refractivity contribution in [3.05, 3.63) is 20.2 Å². The SMILES string of the molecule is COC(C)c1nc(C)c(I)c(Cl)n1. The standard InChI is InChI=1S/C8H10ClIN2O/c1-4-6(10)7(9)12-8(11-4)5(2)13-3/h5H,1-3H3. The van der Waals surface area contributed by atoms with Crippen molar-refractivity contribution in [3.63, 3.8) is 0 Å². The molecule has 1 atom stereocenters. The summed E-state index contributed by atoms with van der Waals surface area (Å²) in [5.41, 5.74) is 0.888. The molecule has 0 spiro atoms. The lowest BCUT2D eigenvalue weighted by molar-refractivity contribution is 0.112. The molecule has 0 saturated carbocycles. The number of ether oxygens (including phenoxy) is 1. The van der Waals surface area contributed by atoms with E-state index in [-0.39, 0.29) is 6.10 Å². The molecule has 0 aliphatic heterocycles. The zero-order chi connectivity index (χ0) is 10.0. The number of aryl methyl sites for hydroxylation is 1. The Morgan fingerprint density at radius 3 is 2.54 bits per heavy atom. The molecule has 13 heavy (non-hydrogen) atoms. The van der Waals surface area contributed by atoms with Crippen LogP contribution in [-0.4, -0.2) is 17.1 Å². The van der Waals surface area contributed by atoms with E-state index in [2.05, 4.69) is 32.6 Å². The van der Waals surface area contributed by atoms with Crippen molar-refractivity contribution in [3.8, 4) is 0 Å². The van der Waals surface area contributed by atoms with Crippen LogP contribution in [0, 0.1) is 10.5 Å². The molecular formula is C8H10ClIN2O. The molecule has 72 valence electrons. The van der Waals surface area contributed by atoms with Crippen LogP contribution in [0.15, 0.2) is 0 Å². The highest BCUT2D eigenvalue weighted by molar-refractivity contribution is 14.1. The molecule has 1 aromatic heterocycles. The summed E-state index contributed by atoms with van der Waals surface area (Å²) in [6.07, 6.45) is -0.117. The van der Waals surface area contributed by atoms with Gasteiger partial charge in [-0.05, 0) is 36.4 Å². The van der Waals surface area contributed by atoms with Crippen molar-refractivity contribution in [2.75, 3.05) is 7.11 Å². The van der Waals surface area contributed by atoms with Crippen LogP contribution in [-0.2, 0) is 4.74 Å². The van der Waals surface area contributed by atoms with E-state index in [0.29, 0.717) is 11.0 Å². The van der Waals surface area contributed by atoms with E-state index in [1.54, 1.807) is 7.11 Å². The lowest BCUT2D eigenvalue weighted by atomic mass is 10.3. The van der Waals surface area contributed by atoms with Crippen molar-refractivity contribution in [2.24, 2.45) is 0 Å². The van der Waals surface area contributed by atoms with Crippen LogP contribution in [0.4, 0.5) is 0 Å². The maximum atomic E-state index is 5.91. The van der Waals surface area contributed by atoms with E-state index in [1.807, 2.05) is 13.8 Å². The maximum Gasteiger partial charge on any atom is 0.158 e. The zero-order valence-electron chi connectivity index (χ0n) is 7.64. The van der Waals surface area contributed by atoms with E-state index in [9.17, 15) is 0 Å². The van der Waals surface area contributed by atoms with Crippen LogP contribution in [0.1, 0.15) is 24.5 Å². The van der Waals surface area contributed by atoms with Crippen LogP contribution in [0.2, 0.25) is 5.15 Å². The van der Waals surface area contributed by atoms with Gasteiger partial charge in [0, 0.05) is 7.11 Å². The molecule has 0 bridgehead atoms. The van der Waals surface area contributed by atoms with Crippen molar-refractivity contribution in [1.29, 1.82) is 0 Å². The molecule has 5 heteroatoms. The molecule has 0 saturated heterocycles. The number of rotatable bonds is 2. The summed E-state index contributed by atoms with van der Waals surface area (Å²) in [7, 11) is 1.62. The first kappa shape index (κ1) is 11.1. The average Bonchev–Trinajstić information content (AvgIpc) is 2.12. The van der Waals surface area contributed by atoms with Gasteiger partial charge in [-0.2, -0.15) is 0 Å². The summed E-state index contributed by atoms with van der Waals surface area (Å²) < 4.78 is 5.99. The fraction of sp³-hybridized carbons (Fsp3) is 0.500. The summed E-state index contributed by atoms with van der Waals surface area (Å²) in [5.74, 6) is 0.630. The third-order valence-electron chi connectivity index (χ3n) is 1.71. The highest BCUT2D eigenvalue weighted by atomic mass is 127. The van der Waals surface area contributed by atoms with Gasteiger partial charge in [0.05, 0.1) is 9.26 Å². The van der Waals surface area contributed by atoms with E-state index < -0.39 is 0 Å². The molecule has 0 N–H and O–H groups in total. The largest absolute Gasteiger partial charge is 0.374 e. The Hall–Kier alpha value is 0.0600. The van der Waals surface area contributed by atoms with Crippen molar-refractivity contribution >= 4 is 34.2 Å². The first-order chi connectivity index (χ1) is 6.06. The molecule has 0 aliphatic rings. The van der Waals surface area contributed by atoms with Crippen LogP contribution in [0.3, 0.4) is 0 Å². The Kier molecular flexibility index (Phi) is 3.87. The Morgan fingerprint density at radius 2 is 2.08 bits per heavy atom. The van der Waals surface area contributed by atoms with Crippen molar-refractivity contribution in [2.45, 2.75) is 20.0 Å². The highest BCUT2D eigenvalue weighted by Crippen LogP contribution is 2.21. The first-order valence-electron chi connectivity index (χ1n) is 3.78. The summed E-state index contributed by atoms with van der Waals surface area (Å²) in [4.78, 5) is 8.40. The number of hydrogen-bond donors (Lipinski definition) is 0. The number of hydrogen-bond acceptors (Lipinski definition) is 3. The van der Waals surface area contributed by atoms with Gasteiger partial charge < -0.3 is 4.74 Å². The summed E-state index contributed by atoms with van der Waals surface area (Å²) in [6.45, 7) is 3.79. The normalized spacial score (nSPS) is 13.0. The molecule has 0 radical (unpaired) electrons. The number of aromatic nitrogens is 2. The summed E-state index contributed by atoms with van der Waals surface area (Å²) in [6, 6.07) is 0. The monoisotopic (exact) mass is 312 g/mol. The fourth-order valence-corrected chi connectivity index (χ4v) is 1.30. The third-order valence-corrected chi connectivity index (χ3v) is 3.59. The Balaban J connectivity index is 3.13. The van der Waals surface area contributed by atoms with E-state index in [0.717, 1.165) is 9.26 Å². The zero-order valence-corrected chi connectivity index (χ0v) is 10.5. The van der Waals surface area contributed by atoms with Gasteiger partial charge in [-0.3, -0.25) is 0 Å². The summed E-state index contributed by atoms with van der Waals surface area (Å²) in [5, 5.41) is 0.493. The van der Waals surface area contributed by atoms with Crippen molar-refractivity contribution in [1.82, 2.24) is 9.97 Å². The second kappa shape index (κ2) is 4.52. The lowest BCUT2D eigenvalue weighted by Crippen LogP contribution is -2.05. The molecule has 1 aromatic rings. The predicted octanol–water partition coefficient (Wildman–Crippen LogP) is 2.75. The number of methoxy groups -OCH3 is 1. The molecule has 0 aliphatic carbocycles. The number of halogens is 2. The first-order valence-corrected chi connectivity index (χ1v) is 5.24. The van der Waals surface area contributed by atoms with E-state index >= 15 is 0 Å². The molecule has 1 unspecified atom stereocenters. The molecule has 1 rings (SSSR count). The molecule has 1 heterocycles. The summed E-state index contributed by atoms with van der Waals surface area (Å²) >= 11 is 8.03. The van der Waals surface area contributed by atoms with Gasteiger partial charge in [0.1, 0.15) is 11.3 Å². The number of nitrogens with zero attached hydrogens (tertiary/aromatic N) is 2. The minimum absolute atomic E-state index is 0.117. The fourth-order valence-electron chi connectivity index (χ4n) is 0.832. The highest BCUT2D eigenvalue weighted by Gasteiger charge is 2.12. The predicted molar refractivity (Wildman–Crippen MR) is 59.9 cm³/mol. The second-order valence-electron chi connectivity index (χ2n) is 2.65. The van der Waals surface area contributed by atoms with Gasteiger partial charge in [-0.25, -0.2) is 9.97 Å². The van der Waals surface area contributed by atoms with Gasteiger partial charge >= 0.3 is 0 Å². The molecule has 3 nitrogen and oxygen atoms in total. The smallest absolute Gasteiger partial charge is 0.158 e.